The predicted octanol–water partition coefficient (Wildman–Crippen LogP) is 3.46. The van der Waals surface area contributed by atoms with Gasteiger partial charge in [0.2, 0.25) is 0 Å². The van der Waals surface area contributed by atoms with Gasteiger partial charge in [0.1, 0.15) is 5.82 Å². The average Bonchev–Trinajstić information content (AvgIpc) is 2.75. The largest absolute Gasteiger partial charge is 0.314 e. The highest BCUT2D eigenvalue weighted by Crippen LogP contribution is 2.34. The fourth-order valence-electron chi connectivity index (χ4n) is 2.58. The first kappa shape index (κ1) is 11.6. The molecule has 1 aliphatic rings. The molecular formula is C14H20FN. The van der Waals surface area contributed by atoms with Crippen molar-refractivity contribution in [2.75, 3.05) is 6.54 Å². The summed E-state index contributed by atoms with van der Waals surface area (Å²) in [6, 6.07) is 7.71. The van der Waals surface area contributed by atoms with Crippen molar-refractivity contribution in [3.8, 4) is 0 Å². The monoisotopic (exact) mass is 221 g/mol. The molecule has 0 radical (unpaired) electrons. The Morgan fingerprint density at radius 3 is 3.00 bits per heavy atom. The highest BCUT2D eigenvalue weighted by Gasteiger charge is 2.25. The van der Waals surface area contributed by atoms with Crippen LogP contribution < -0.4 is 5.32 Å². The fourth-order valence-corrected chi connectivity index (χ4v) is 2.58. The summed E-state index contributed by atoms with van der Waals surface area (Å²) in [5.41, 5.74) is 1.17. The lowest BCUT2D eigenvalue weighted by Gasteiger charge is -2.13. The van der Waals surface area contributed by atoms with Crippen molar-refractivity contribution in [2.24, 2.45) is 0 Å². The maximum atomic E-state index is 13.1. The Bertz CT molecular complexity index is 337. The maximum Gasteiger partial charge on any atom is 0.123 e. The molecular weight excluding hydrogens is 201 g/mol. The van der Waals surface area contributed by atoms with E-state index in [9.17, 15) is 4.39 Å². The third kappa shape index (κ3) is 2.82. The van der Waals surface area contributed by atoms with Gasteiger partial charge in [-0.3, -0.25) is 0 Å². The van der Waals surface area contributed by atoms with Crippen LogP contribution in [0.2, 0.25) is 0 Å². The number of hydrogen-bond acceptors (Lipinski definition) is 1. The van der Waals surface area contributed by atoms with Crippen LogP contribution in [0.4, 0.5) is 4.39 Å². The molecule has 2 unspecified atom stereocenters. The lowest BCUT2D eigenvalue weighted by Crippen LogP contribution is -2.26. The summed E-state index contributed by atoms with van der Waals surface area (Å²) in [5, 5.41) is 3.55. The van der Waals surface area contributed by atoms with Crippen LogP contribution in [0, 0.1) is 5.82 Å². The minimum atomic E-state index is -0.109. The van der Waals surface area contributed by atoms with E-state index in [1.807, 2.05) is 6.07 Å². The Labute approximate surface area is 97.1 Å². The molecule has 0 heterocycles. The van der Waals surface area contributed by atoms with Gasteiger partial charge < -0.3 is 5.32 Å². The molecule has 1 aliphatic carbocycles. The molecule has 1 saturated carbocycles. The number of rotatable bonds is 4. The second-order valence-electron chi connectivity index (χ2n) is 4.72. The average molecular weight is 221 g/mol. The van der Waals surface area contributed by atoms with Gasteiger partial charge in [0, 0.05) is 6.04 Å². The van der Waals surface area contributed by atoms with E-state index in [-0.39, 0.29) is 5.82 Å². The molecule has 2 heteroatoms. The van der Waals surface area contributed by atoms with Gasteiger partial charge in [-0.05, 0) is 55.8 Å². The van der Waals surface area contributed by atoms with Gasteiger partial charge in [-0.25, -0.2) is 4.39 Å². The lowest BCUT2D eigenvalue weighted by atomic mass is 9.97. The van der Waals surface area contributed by atoms with E-state index < -0.39 is 0 Å². The van der Waals surface area contributed by atoms with Crippen LogP contribution in [0.5, 0.6) is 0 Å². The van der Waals surface area contributed by atoms with Crippen molar-refractivity contribution in [2.45, 2.75) is 44.6 Å². The Morgan fingerprint density at radius 2 is 2.25 bits per heavy atom. The zero-order valence-electron chi connectivity index (χ0n) is 9.88. The molecule has 0 bridgehead atoms. The first-order valence-corrected chi connectivity index (χ1v) is 6.28. The van der Waals surface area contributed by atoms with Gasteiger partial charge in [-0.1, -0.05) is 19.1 Å². The minimum Gasteiger partial charge on any atom is -0.314 e. The zero-order chi connectivity index (χ0) is 11.4. The molecule has 1 N–H and O–H groups in total. The molecule has 2 rings (SSSR count). The van der Waals surface area contributed by atoms with Crippen molar-refractivity contribution < 1.29 is 4.39 Å². The van der Waals surface area contributed by atoms with Crippen molar-refractivity contribution in [1.82, 2.24) is 5.32 Å². The summed E-state index contributed by atoms with van der Waals surface area (Å²) in [5.74, 6) is 0.438. The Kier molecular flexibility index (Phi) is 3.94. The van der Waals surface area contributed by atoms with Crippen molar-refractivity contribution in [3.63, 3.8) is 0 Å². The Hall–Kier alpha value is -0.890. The van der Waals surface area contributed by atoms with Gasteiger partial charge in [-0.2, -0.15) is 0 Å². The van der Waals surface area contributed by atoms with E-state index in [0.29, 0.717) is 12.0 Å². The number of benzene rings is 1. The van der Waals surface area contributed by atoms with Crippen molar-refractivity contribution >= 4 is 0 Å². The third-order valence-electron chi connectivity index (χ3n) is 3.44. The summed E-state index contributed by atoms with van der Waals surface area (Å²) in [4.78, 5) is 0. The van der Waals surface area contributed by atoms with Crippen LogP contribution in [0.3, 0.4) is 0 Å². The minimum absolute atomic E-state index is 0.109. The molecule has 16 heavy (non-hydrogen) atoms. The molecule has 1 aromatic rings. The number of halogens is 1. The van der Waals surface area contributed by atoms with Crippen molar-refractivity contribution in [1.29, 1.82) is 0 Å². The van der Waals surface area contributed by atoms with Gasteiger partial charge in [-0.15, -0.1) is 0 Å². The summed E-state index contributed by atoms with van der Waals surface area (Å²) >= 11 is 0. The molecule has 0 saturated heterocycles. The van der Waals surface area contributed by atoms with E-state index in [4.69, 9.17) is 0 Å². The van der Waals surface area contributed by atoms with Gasteiger partial charge in [0.05, 0.1) is 0 Å². The van der Waals surface area contributed by atoms with Crippen LogP contribution in [0.15, 0.2) is 24.3 Å². The van der Waals surface area contributed by atoms with Crippen LogP contribution in [0.1, 0.15) is 44.1 Å². The first-order valence-electron chi connectivity index (χ1n) is 6.28. The quantitative estimate of drug-likeness (QED) is 0.821. The van der Waals surface area contributed by atoms with Gasteiger partial charge in [0.15, 0.2) is 0 Å². The predicted molar refractivity (Wildman–Crippen MR) is 65.1 cm³/mol. The highest BCUT2D eigenvalue weighted by atomic mass is 19.1. The molecule has 1 fully saturated rings. The van der Waals surface area contributed by atoms with Gasteiger partial charge >= 0.3 is 0 Å². The first-order chi connectivity index (χ1) is 7.79. The van der Waals surface area contributed by atoms with Crippen LogP contribution in [-0.2, 0) is 0 Å². The van der Waals surface area contributed by atoms with Gasteiger partial charge in [0.25, 0.3) is 0 Å². The standard InChI is InChI=1S/C14H20FN/c1-2-8-16-14-7-6-12(10-14)11-4-3-5-13(15)9-11/h3-5,9,12,14,16H,2,6-8,10H2,1H3. The number of hydrogen-bond donors (Lipinski definition) is 1. The summed E-state index contributed by atoms with van der Waals surface area (Å²) < 4.78 is 13.1. The molecule has 2 atom stereocenters. The molecule has 0 amide bonds. The van der Waals surface area contributed by atoms with Crippen LogP contribution in [-0.4, -0.2) is 12.6 Å². The summed E-state index contributed by atoms with van der Waals surface area (Å²) in [6.45, 7) is 3.28. The second-order valence-corrected chi connectivity index (χ2v) is 4.72. The van der Waals surface area contributed by atoms with E-state index in [1.165, 1.54) is 30.9 Å². The molecule has 88 valence electrons. The Morgan fingerprint density at radius 1 is 1.38 bits per heavy atom. The molecule has 0 spiro atoms. The van der Waals surface area contributed by atoms with E-state index in [2.05, 4.69) is 18.3 Å². The van der Waals surface area contributed by atoms with E-state index >= 15 is 0 Å². The fraction of sp³-hybridized carbons (Fsp3) is 0.571. The Balaban J connectivity index is 1.93. The summed E-state index contributed by atoms with van der Waals surface area (Å²) in [6.07, 6.45) is 4.75. The lowest BCUT2D eigenvalue weighted by molar-refractivity contribution is 0.516. The third-order valence-corrected chi connectivity index (χ3v) is 3.44. The van der Waals surface area contributed by atoms with E-state index in [1.54, 1.807) is 6.07 Å². The summed E-state index contributed by atoms with van der Waals surface area (Å²) in [7, 11) is 0. The second kappa shape index (κ2) is 5.44. The van der Waals surface area contributed by atoms with Crippen LogP contribution >= 0.6 is 0 Å². The zero-order valence-corrected chi connectivity index (χ0v) is 9.88. The number of nitrogens with one attached hydrogen (secondary N) is 1. The molecule has 0 aromatic heterocycles. The van der Waals surface area contributed by atoms with Crippen LogP contribution in [0.25, 0.3) is 0 Å². The molecule has 0 aliphatic heterocycles. The van der Waals surface area contributed by atoms with Crippen molar-refractivity contribution in [3.05, 3.63) is 35.6 Å². The normalized spacial score (nSPS) is 24.9. The van der Waals surface area contributed by atoms with E-state index in [0.717, 1.165) is 13.0 Å². The topological polar surface area (TPSA) is 12.0 Å². The molecule has 1 aromatic carbocycles. The smallest absolute Gasteiger partial charge is 0.123 e. The highest BCUT2D eigenvalue weighted by molar-refractivity contribution is 5.22. The maximum absolute atomic E-state index is 13.1. The SMILES string of the molecule is CCCNC1CCC(c2cccc(F)c2)C1. The molecule has 1 nitrogen and oxygen atoms in total.